The zero-order valence-corrected chi connectivity index (χ0v) is 11.7. The van der Waals surface area contributed by atoms with Crippen molar-refractivity contribution in [1.29, 1.82) is 0 Å². The molecule has 18 heavy (non-hydrogen) atoms. The molecule has 1 rings (SSSR count). The van der Waals surface area contributed by atoms with Crippen LogP contribution in [0.3, 0.4) is 0 Å². The molecule has 0 fully saturated rings. The van der Waals surface area contributed by atoms with Gasteiger partial charge in [0.15, 0.2) is 0 Å². The zero-order chi connectivity index (χ0) is 13.4. The number of aryl methyl sites for hydroxylation is 1. The van der Waals surface area contributed by atoms with Crippen LogP contribution in [0.5, 0.6) is 0 Å². The van der Waals surface area contributed by atoms with E-state index >= 15 is 0 Å². The van der Waals surface area contributed by atoms with Crippen LogP contribution in [0.25, 0.3) is 0 Å². The van der Waals surface area contributed by atoms with Gasteiger partial charge in [0.25, 0.3) is 0 Å². The zero-order valence-electron chi connectivity index (χ0n) is 11.7. The summed E-state index contributed by atoms with van der Waals surface area (Å²) in [4.78, 5) is 11.8. The molecule has 100 valence electrons. The molecule has 0 N–H and O–H groups in total. The lowest BCUT2D eigenvalue weighted by atomic mass is 10.0. The van der Waals surface area contributed by atoms with Gasteiger partial charge in [0.1, 0.15) is 0 Å². The first kappa shape index (κ1) is 14.7. The van der Waals surface area contributed by atoms with E-state index in [1.54, 1.807) is 0 Å². The van der Waals surface area contributed by atoms with E-state index in [-0.39, 0.29) is 18.0 Å². The Bertz CT molecular complexity index is 341. The SMILES string of the molecule is CCC(CC)C(=O)OC(C)CCc1ccccc1. The molecule has 0 radical (unpaired) electrons. The Kier molecular flexibility index (Phi) is 6.48. The number of hydrogen-bond donors (Lipinski definition) is 0. The van der Waals surface area contributed by atoms with Gasteiger partial charge >= 0.3 is 5.97 Å². The average Bonchev–Trinajstić information content (AvgIpc) is 2.39. The molecule has 0 aromatic heterocycles. The van der Waals surface area contributed by atoms with Crippen LogP contribution in [-0.4, -0.2) is 12.1 Å². The Morgan fingerprint density at radius 1 is 1.17 bits per heavy atom. The van der Waals surface area contributed by atoms with Crippen LogP contribution in [0.15, 0.2) is 30.3 Å². The average molecular weight is 248 g/mol. The van der Waals surface area contributed by atoms with Crippen molar-refractivity contribution in [3.05, 3.63) is 35.9 Å². The molecular weight excluding hydrogens is 224 g/mol. The lowest BCUT2D eigenvalue weighted by Gasteiger charge is -2.17. The van der Waals surface area contributed by atoms with Crippen LogP contribution in [0.1, 0.15) is 45.6 Å². The third-order valence-electron chi connectivity index (χ3n) is 3.32. The predicted octanol–water partition coefficient (Wildman–Crippen LogP) is 3.99. The molecule has 2 heteroatoms. The highest BCUT2D eigenvalue weighted by Crippen LogP contribution is 2.13. The Hall–Kier alpha value is -1.31. The summed E-state index contributed by atoms with van der Waals surface area (Å²) in [6.07, 6.45) is 3.56. The summed E-state index contributed by atoms with van der Waals surface area (Å²) in [5.74, 6) is 0.0183. The first-order valence-electron chi connectivity index (χ1n) is 6.91. The topological polar surface area (TPSA) is 26.3 Å². The molecule has 0 saturated heterocycles. The summed E-state index contributed by atoms with van der Waals surface area (Å²) in [7, 11) is 0. The van der Waals surface area contributed by atoms with Gasteiger partial charge in [0.2, 0.25) is 0 Å². The molecule has 1 atom stereocenters. The third-order valence-corrected chi connectivity index (χ3v) is 3.32. The molecule has 0 spiro atoms. The molecule has 1 aromatic rings. The van der Waals surface area contributed by atoms with Crippen molar-refractivity contribution < 1.29 is 9.53 Å². The van der Waals surface area contributed by atoms with Gasteiger partial charge in [0, 0.05) is 0 Å². The molecule has 1 unspecified atom stereocenters. The lowest BCUT2D eigenvalue weighted by molar-refractivity contribution is -0.153. The van der Waals surface area contributed by atoms with E-state index in [9.17, 15) is 4.79 Å². The predicted molar refractivity (Wildman–Crippen MR) is 74.4 cm³/mol. The van der Waals surface area contributed by atoms with E-state index in [1.165, 1.54) is 5.56 Å². The summed E-state index contributed by atoms with van der Waals surface area (Å²) >= 11 is 0. The molecule has 0 aliphatic carbocycles. The fraction of sp³-hybridized carbons (Fsp3) is 0.562. The number of rotatable bonds is 7. The molecule has 0 aliphatic heterocycles. The van der Waals surface area contributed by atoms with E-state index in [0.29, 0.717) is 0 Å². The number of hydrogen-bond acceptors (Lipinski definition) is 2. The van der Waals surface area contributed by atoms with Gasteiger partial charge < -0.3 is 4.74 Å². The highest BCUT2D eigenvalue weighted by atomic mass is 16.5. The van der Waals surface area contributed by atoms with Crippen molar-refractivity contribution in [2.75, 3.05) is 0 Å². The van der Waals surface area contributed by atoms with Gasteiger partial charge in [-0.3, -0.25) is 4.79 Å². The maximum Gasteiger partial charge on any atom is 0.309 e. The summed E-state index contributed by atoms with van der Waals surface area (Å²) < 4.78 is 5.48. The van der Waals surface area contributed by atoms with Crippen LogP contribution in [0.4, 0.5) is 0 Å². The van der Waals surface area contributed by atoms with Crippen LogP contribution < -0.4 is 0 Å². The second kappa shape index (κ2) is 7.91. The highest BCUT2D eigenvalue weighted by molar-refractivity contribution is 5.72. The first-order valence-corrected chi connectivity index (χ1v) is 6.91. The maximum absolute atomic E-state index is 11.8. The molecule has 0 amide bonds. The molecular formula is C16H24O2. The molecule has 0 heterocycles. The highest BCUT2D eigenvalue weighted by Gasteiger charge is 2.18. The second-order valence-corrected chi connectivity index (χ2v) is 4.79. The van der Waals surface area contributed by atoms with Gasteiger partial charge in [-0.1, -0.05) is 44.2 Å². The van der Waals surface area contributed by atoms with Crippen LogP contribution in [-0.2, 0) is 16.0 Å². The summed E-state index contributed by atoms with van der Waals surface area (Å²) in [6.45, 7) is 6.04. The number of carbonyl (C=O) groups excluding carboxylic acids is 1. The molecule has 0 saturated carbocycles. The van der Waals surface area contributed by atoms with Gasteiger partial charge in [-0.05, 0) is 38.2 Å². The number of benzene rings is 1. The summed E-state index contributed by atoms with van der Waals surface area (Å²) in [5.41, 5.74) is 1.29. The maximum atomic E-state index is 11.8. The fourth-order valence-corrected chi connectivity index (χ4v) is 1.99. The van der Waals surface area contributed by atoms with E-state index in [0.717, 1.165) is 25.7 Å². The Labute approximate surface area is 110 Å². The smallest absolute Gasteiger partial charge is 0.309 e. The number of ether oxygens (including phenoxy) is 1. The summed E-state index contributed by atoms with van der Waals surface area (Å²) in [6, 6.07) is 10.3. The normalized spacial score (nSPS) is 12.4. The molecule has 2 nitrogen and oxygen atoms in total. The van der Waals surface area contributed by atoms with Crippen LogP contribution in [0, 0.1) is 5.92 Å². The van der Waals surface area contributed by atoms with Gasteiger partial charge in [-0.25, -0.2) is 0 Å². The van der Waals surface area contributed by atoms with E-state index in [2.05, 4.69) is 12.1 Å². The first-order chi connectivity index (χ1) is 8.67. The van der Waals surface area contributed by atoms with Gasteiger partial charge in [-0.15, -0.1) is 0 Å². The minimum Gasteiger partial charge on any atom is -0.462 e. The molecule has 0 bridgehead atoms. The van der Waals surface area contributed by atoms with Crippen molar-refractivity contribution in [2.24, 2.45) is 5.92 Å². The monoisotopic (exact) mass is 248 g/mol. The quantitative estimate of drug-likeness (QED) is 0.682. The largest absolute Gasteiger partial charge is 0.462 e. The second-order valence-electron chi connectivity index (χ2n) is 4.79. The standard InChI is InChI=1S/C16H24O2/c1-4-15(5-2)16(17)18-13(3)11-12-14-9-7-6-8-10-14/h6-10,13,15H,4-5,11-12H2,1-3H3. The van der Waals surface area contributed by atoms with Crippen molar-refractivity contribution in [3.8, 4) is 0 Å². The van der Waals surface area contributed by atoms with E-state index in [4.69, 9.17) is 4.74 Å². The lowest BCUT2D eigenvalue weighted by Crippen LogP contribution is -2.22. The van der Waals surface area contributed by atoms with E-state index in [1.807, 2.05) is 39.0 Å². The van der Waals surface area contributed by atoms with Gasteiger partial charge in [0.05, 0.1) is 12.0 Å². The third kappa shape index (κ3) is 4.91. The Morgan fingerprint density at radius 2 is 1.78 bits per heavy atom. The minimum atomic E-state index is -0.0411. The van der Waals surface area contributed by atoms with E-state index < -0.39 is 0 Å². The molecule has 0 aliphatic rings. The number of carbonyl (C=O) groups is 1. The van der Waals surface area contributed by atoms with Crippen molar-refractivity contribution in [2.45, 2.75) is 52.6 Å². The van der Waals surface area contributed by atoms with Crippen molar-refractivity contribution >= 4 is 5.97 Å². The van der Waals surface area contributed by atoms with Gasteiger partial charge in [-0.2, -0.15) is 0 Å². The minimum absolute atomic E-state index is 0.00157. The summed E-state index contributed by atoms with van der Waals surface area (Å²) in [5, 5.41) is 0. The van der Waals surface area contributed by atoms with Crippen LogP contribution in [0.2, 0.25) is 0 Å². The Morgan fingerprint density at radius 3 is 2.33 bits per heavy atom. The Balaban J connectivity index is 2.33. The van der Waals surface area contributed by atoms with Crippen LogP contribution >= 0.6 is 0 Å². The van der Waals surface area contributed by atoms with Crippen molar-refractivity contribution in [1.82, 2.24) is 0 Å². The van der Waals surface area contributed by atoms with Crippen molar-refractivity contribution in [3.63, 3.8) is 0 Å². The number of esters is 1. The molecule has 1 aromatic carbocycles. The fourth-order valence-electron chi connectivity index (χ4n) is 1.99.